The number of hydrogen-bond donors (Lipinski definition) is 0. The van der Waals surface area contributed by atoms with Crippen molar-refractivity contribution < 1.29 is 53.2 Å². The highest BCUT2D eigenvalue weighted by Gasteiger charge is 2.61. The van der Waals surface area contributed by atoms with E-state index in [1.54, 1.807) is 41.5 Å². The van der Waals surface area contributed by atoms with Crippen LogP contribution in [0.2, 0.25) is 0 Å². The second-order valence-corrected chi connectivity index (χ2v) is 11.2. The molecule has 0 N–H and O–H groups in total. The molecule has 0 aliphatic carbocycles. The standard InChI is InChI=1S/C24H21BF10N2O/c1-23(2,3)9-7-10(24(4,5)6)37-25(38-8-36(9)37,11-13(26)17(30)21(34)18(31)14(11)27)12-15(28)19(32)22(35)20(33)16(12)29/h7H,8H2,1-6H3. The molecule has 4 rings (SSSR count). The Balaban J connectivity index is 2.37. The zero-order chi connectivity index (χ0) is 28.9. The van der Waals surface area contributed by atoms with Gasteiger partial charge in [-0.15, -0.1) is 0 Å². The number of benzene rings is 2. The summed E-state index contributed by atoms with van der Waals surface area (Å²) in [6, 6.07) is 1.46. The van der Waals surface area contributed by atoms with Gasteiger partial charge in [0.05, 0.1) is 5.69 Å². The Labute approximate surface area is 210 Å². The van der Waals surface area contributed by atoms with Gasteiger partial charge in [0.25, 0.3) is 0 Å². The normalized spacial score (nSPS) is 15.4. The number of hydrogen-bond acceptors (Lipinski definition) is 1. The summed E-state index contributed by atoms with van der Waals surface area (Å²) in [5, 5.41) is 0. The van der Waals surface area contributed by atoms with Gasteiger partial charge in [-0.25, -0.2) is 43.9 Å². The second-order valence-electron chi connectivity index (χ2n) is 11.2. The number of rotatable bonds is 2. The highest BCUT2D eigenvalue weighted by atomic mass is 19.2. The van der Waals surface area contributed by atoms with Gasteiger partial charge in [0.2, 0.25) is 0 Å². The van der Waals surface area contributed by atoms with Gasteiger partial charge in [-0.2, -0.15) is 4.68 Å². The summed E-state index contributed by atoms with van der Waals surface area (Å²) in [5.74, 6) is -25.4. The lowest BCUT2D eigenvalue weighted by Gasteiger charge is -2.33. The van der Waals surface area contributed by atoms with Crippen molar-refractivity contribution in [3.8, 4) is 0 Å². The first-order valence-electron chi connectivity index (χ1n) is 11.3. The largest absolute Gasteiger partial charge is 0.503 e. The van der Waals surface area contributed by atoms with E-state index in [-0.39, 0.29) is 5.69 Å². The molecule has 2 heterocycles. The molecule has 0 bridgehead atoms. The third kappa shape index (κ3) is 3.58. The lowest BCUT2D eigenvalue weighted by Crippen LogP contribution is -2.83. The van der Waals surface area contributed by atoms with Gasteiger partial charge >= 0.3 is 6.48 Å². The van der Waals surface area contributed by atoms with Crippen LogP contribution < -0.4 is 15.5 Å². The summed E-state index contributed by atoms with van der Waals surface area (Å²) in [7, 11) is 0. The second kappa shape index (κ2) is 8.49. The van der Waals surface area contributed by atoms with Crippen molar-refractivity contribution in [3.05, 3.63) is 75.6 Å². The molecule has 0 radical (unpaired) electrons. The van der Waals surface area contributed by atoms with Crippen LogP contribution in [0.15, 0.2) is 6.07 Å². The molecule has 3 aromatic rings. The fraction of sp³-hybridized carbons (Fsp3) is 0.375. The predicted molar refractivity (Wildman–Crippen MR) is 116 cm³/mol. The first-order chi connectivity index (χ1) is 17.3. The van der Waals surface area contributed by atoms with Gasteiger partial charge in [0, 0.05) is 16.9 Å². The van der Waals surface area contributed by atoms with Crippen LogP contribution in [-0.2, 0) is 22.2 Å². The molecule has 1 aliphatic heterocycles. The summed E-state index contributed by atoms with van der Waals surface area (Å²) >= 11 is 0. The van der Waals surface area contributed by atoms with Crippen LogP contribution in [0.25, 0.3) is 0 Å². The van der Waals surface area contributed by atoms with Gasteiger partial charge in [-0.3, -0.25) is 4.59 Å². The predicted octanol–water partition coefficient (Wildman–Crippen LogP) is 4.85. The fourth-order valence-electron chi connectivity index (χ4n) is 4.94. The van der Waals surface area contributed by atoms with Crippen molar-refractivity contribution in [1.82, 2.24) is 4.68 Å². The van der Waals surface area contributed by atoms with Crippen LogP contribution in [0.4, 0.5) is 43.9 Å². The molecule has 0 amide bonds. The molecule has 3 nitrogen and oxygen atoms in total. The van der Waals surface area contributed by atoms with Gasteiger partial charge in [0.15, 0.2) is 40.6 Å². The van der Waals surface area contributed by atoms with Crippen molar-refractivity contribution in [3.63, 3.8) is 0 Å². The van der Waals surface area contributed by atoms with Crippen molar-refractivity contribution in [2.45, 2.75) is 59.1 Å². The van der Waals surface area contributed by atoms with Crippen LogP contribution in [0.1, 0.15) is 52.9 Å². The summed E-state index contributed by atoms with van der Waals surface area (Å²) < 4.78 is 155. The Kier molecular flexibility index (Phi) is 6.25. The average molecular weight is 554 g/mol. The average Bonchev–Trinajstić information content (AvgIpc) is 3.39. The number of aromatic nitrogens is 2. The van der Waals surface area contributed by atoms with Crippen LogP contribution in [0.3, 0.4) is 0 Å². The molecule has 1 aromatic heterocycles. The highest BCUT2D eigenvalue weighted by Crippen LogP contribution is 2.33. The summed E-state index contributed by atoms with van der Waals surface area (Å²) in [4.78, 5) is 0. The maximum atomic E-state index is 15.4. The van der Waals surface area contributed by atoms with Crippen LogP contribution in [0.5, 0.6) is 0 Å². The molecule has 14 heteroatoms. The Morgan fingerprint density at radius 1 is 0.605 bits per heavy atom. The van der Waals surface area contributed by atoms with E-state index in [1.807, 2.05) is 0 Å². The first kappa shape index (κ1) is 28.0. The maximum absolute atomic E-state index is 15.4. The number of fused-ring (bicyclic) bond motifs is 1. The van der Waals surface area contributed by atoms with Gasteiger partial charge in [-0.05, 0) is 10.9 Å². The van der Waals surface area contributed by atoms with E-state index < -0.39 is 93.1 Å². The Bertz CT molecular complexity index is 1380. The minimum atomic E-state index is -4.56. The molecule has 0 fully saturated rings. The van der Waals surface area contributed by atoms with Crippen molar-refractivity contribution in [1.29, 1.82) is 0 Å². The van der Waals surface area contributed by atoms with E-state index in [0.29, 0.717) is 5.69 Å². The molecule has 206 valence electrons. The molecule has 1 aliphatic rings. The highest BCUT2D eigenvalue weighted by molar-refractivity contribution is 6.91. The zero-order valence-electron chi connectivity index (χ0n) is 20.9. The summed E-state index contributed by atoms with van der Waals surface area (Å²) in [6.07, 6.45) is 0. The van der Waals surface area contributed by atoms with E-state index in [1.165, 1.54) is 6.07 Å². The Morgan fingerprint density at radius 3 is 1.26 bits per heavy atom. The molecule has 0 unspecified atom stereocenters. The van der Waals surface area contributed by atoms with Crippen molar-refractivity contribution in [2.75, 3.05) is 0 Å². The molecule has 38 heavy (non-hydrogen) atoms. The Hall–Kier alpha value is -3.03. The summed E-state index contributed by atoms with van der Waals surface area (Å²) in [6.45, 7) is 4.38. The molecule has 2 aromatic carbocycles. The molecule has 0 saturated heterocycles. The molecule has 0 atom stereocenters. The van der Waals surface area contributed by atoms with Crippen molar-refractivity contribution >= 4 is 17.4 Å². The van der Waals surface area contributed by atoms with E-state index >= 15 is 17.6 Å². The third-order valence-corrected chi connectivity index (χ3v) is 6.65. The third-order valence-electron chi connectivity index (χ3n) is 6.65. The van der Waals surface area contributed by atoms with E-state index in [0.717, 1.165) is 9.27 Å². The van der Waals surface area contributed by atoms with Crippen LogP contribution in [-0.4, -0.2) is 11.2 Å². The molecule has 0 spiro atoms. The fourth-order valence-corrected chi connectivity index (χ4v) is 4.94. The number of nitrogens with zero attached hydrogens (tertiary/aromatic N) is 2. The zero-order valence-corrected chi connectivity index (χ0v) is 20.9. The lowest BCUT2D eigenvalue weighted by molar-refractivity contribution is -0.639. The van der Waals surface area contributed by atoms with E-state index in [2.05, 4.69) is 0 Å². The topological polar surface area (TPSA) is 18.0 Å². The molecular weight excluding hydrogens is 533 g/mol. The van der Waals surface area contributed by atoms with Gasteiger partial charge in [-0.1, -0.05) is 41.5 Å². The van der Waals surface area contributed by atoms with Gasteiger partial charge in [0.1, 0.15) is 30.0 Å². The monoisotopic (exact) mass is 554 g/mol. The molecule has 0 saturated carbocycles. The van der Waals surface area contributed by atoms with Crippen molar-refractivity contribution in [2.24, 2.45) is 0 Å². The van der Waals surface area contributed by atoms with Crippen LogP contribution >= 0.6 is 0 Å². The SMILES string of the molecule is CC(C)(C)c1cc(C(C)(C)C)[n+]2n1CO[B-]2(c1c(F)c(F)c(F)c(F)c1F)c1c(F)c(F)c(F)c(F)c1F. The minimum Gasteiger partial charge on any atom is -0.503 e. The molecular formula is C24H21BF10N2O. The van der Waals surface area contributed by atoms with Gasteiger partial charge < -0.3 is 4.65 Å². The maximum Gasteiger partial charge on any atom is 0.498 e. The minimum absolute atomic E-state index is 0.00666. The van der Waals surface area contributed by atoms with Crippen LogP contribution in [0, 0.1) is 58.2 Å². The number of halogens is 10. The first-order valence-corrected chi connectivity index (χ1v) is 11.3. The Morgan fingerprint density at radius 2 is 0.947 bits per heavy atom. The lowest BCUT2D eigenvalue weighted by atomic mass is 9.41. The van der Waals surface area contributed by atoms with E-state index in [9.17, 15) is 26.3 Å². The quantitative estimate of drug-likeness (QED) is 0.192. The smallest absolute Gasteiger partial charge is 0.498 e. The van der Waals surface area contributed by atoms with E-state index in [4.69, 9.17) is 4.65 Å². The summed E-state index contributed by atoms with van der Waals surface area (Å²) in [5.41, 5.74) is -5.34.